The molecule has 0 aromatic carbocycles. The van der Waals surface area contributed by atoms with Gasteiger partial charge < -0.3 is 0 Å². The monoisotopic (exact) mass is 916 g/mol. The summed E-state index contributed by atoms with van der Waals surface area (Å²) in [5.41, 5.74) is 0. The van der Waals surface area contributed by atoms with Crippen LogP contribution in [0.25, 0.3) is 0 Å². The second-order valence-electron chi connectivity index (χ2n) is 0. The van der Waals surface area contributed by atoms with Gasteiger partial charge in [0.2, 0.25) is 0 Å². The van der Waals surface area contributed by atoms with E-state index in [0.29, 0.717) is 0 Å². The molecule has 0 N–H and O–H groups in total. The fourth-order valence-electron chi connectivity index (χ4n) is 0. The molecular formula is H12P4Pt4. The molecule has 0 aliphatic heterocycles. The first-order chi connectivity index (χ1) is 0. The van der Waals surface area contributed by atoms with E-state index in [9.17, 15) is 0 Å². The van der Waals surface area contributed by atoms with Gasteiger partial charge in [0.05, 0.1) is 0 Å². The topological polar surface area (TPSA) is 0 Å². The van der Waals surface area contributed by atoms with Gasteiger partial charge in [-0.2, -0.15) is 39.6 Å². The van der Waals surface area contributed by atoms with Crippen LogP contribution in [-0.4, -0.2) is 0 Å². The van der Waals surface area contributed by atoms with E-state index in [0.717, 1.165) is 0 Å². The summed E-state index contributed by atoms with van der Waals surface area (Å²) in [6.45, 7) is 0. The predicted octanol–water partition coefficient (Wildman–Crippen LogP) is 0.222. The normalized spacial score (nSPS) is 0. The zero-order chi connectivity index (χ0) is 0. The third-order valence-corrected chi connectivity index (χ3v) is 0. The molecule has 0 spiro atoms. The molecule has 0 amide bonds. The van der Waals surface area contributed by atoms with Crippen molar-refractivity contribution in [2.75, 3.05) is 0 Å². The number of rotatable bonds is 0. The van der Waals surface area contributed by atoms with Crippen molar-refractivity contribution in [3.8, 4) is 0 Å². The van der Waals surface area contributed by atoms with Crippen LogP contribution in [0.4, 0.5) is 0 Å². The largest absolute Gasteiger partial charge is 0.153 e. The quantitative estimate of drug-likeness (QED) is 0.306. The smallest absolute Gasteiger partial charge is 0 e. The molecule has 4 atom stereocenters. The molecule has 0 aromatic rings. The Morgan fingerprint density at radius 3 is 0.250 bits per heavy atom. The van der Waals surface area contributed by atoms with Crippen molar-refractivity contribution >= 4 is 39.6 Å². The van der Waals surface area contributed by atoms with Crippen LogP contribution in [0.1, 0.15) is 0 Å². The summed E-state index contributed by atoms with van der Waals surface area (Å²) in [7, 11) is 0. The Morgan fingerprint density at radius 2 is 0.250 bits per heavy atom. The van der Waals surface area contributed by atoms with E-state index in [1.54, 1.807) is 0 Å². The summed E-state index contributed by atoms with van der Waals surface area (Å²) in [6.07, 6.45) is 0. The van der Waals surface area contributed by atoms with Crippen LogP contribution >= 0.6 is 39.6 Å². The maximum absolute atomic E-state index is 0. The molecule has 0 aliphatic carbocycles. The van der Waals surface area contributed by atoms with E-state index in [4.69, 9.17) is 0 Å². The summed E-state index contributed by atoms with van der Waals surface area (Å²) in [4.78, 5) is 0. The van der Waals surface area contributed by atoms with Gasteiger partial charge in [0.25, 0.3) is 0 Å². The fraction of sp³-hybridized carbons (Fsp3) is 0. The Morgan fingerprint density at radius 1 is 0.250 bits per heavy atom. The van der Waals surface area contributed by atoms with Crippen LogP contribution < -0.4 is 0 Å². The first kappa shape index (κ1) is 82.1. The van der Waals surface area contributed by atoms with Gasteiger partial charge in [0.1, 0.15) is 0 Å². The molecule has 0 heterocycles. The maximum Gasteiger partial charge on any atom is 0 e. The van der Waals surface area contributed by atoms with Crippen LogP contribution in [0.15, 0.2) is 0 Å². The van der Waals surface area contributed by atoms with Crippen LogP contribution in [0.5, 0.6) is 0 Å². The molecule has 0 rings (SSSR count). The van der Waals surface area contributed by atoms with Crippen LogP contribution in [-0.2, 0) is 84.3 Å². The van der Waals surface area contributed by atoms with E-state index in [1.807, 2.05) is 0 Å². The standard InChI is InChI=1S/4H3P.4Pt/h4*1H3;;;;. The number of hydrogen-bond donors (Lipinski definition) is 0. The summed E-state index contributed by atoms with van der Waals surface area (Å²) in [6, 6.07) is 0. The molecule has 0 fully saturated rings. The van der Waals surface area contributed by atoms with Gasteiger partial charge >= 0.3 is 0 Å². The Labute approximate surface area is 122 Å². The third kappa shape index (κ3) is 47.0. The van der Waals surface area contributed by atoms with Gasteiger partial charge in [-0.1, -0.05) is 0 Å². The molecule has 0 aromatic heterocycles. The van der Waals surface area contributed by atoms with Gasteiger partial charge in [0, 0.05) is 84.3 Å². The predicted molar refractivity (Wildman–Crippen MR) is 44.4 cm³/mol. The minimum atomic E-state index is 0. The minimum absolute atomic E-state index is 0. The van der Waals surface area contributed by atoms with Gasteiger partial charge in [0.15, 0.2) is 0 Å². The van der Waals surface area contributed by atoms with Crippen LogP contribution in [0.2, 0.25) is 0 Å². The molecule has 72 valence electrons. The Kier molecular flexibility index (Phi) is 645. The zero-order valence-corrected chi connectivity index (χ0v) is 18.8. The van der Waals surface area contributed by atoms with Gasteiger partial charge in [-0.25, -0.2) is 0 Å². The third-order valence-electron chi connectivity index (χ3n) is 0. The first-order valence-corrected chi connectivity index (χ1v) is 0. The van der Waals surface area contributed by atoms with Gasteiger partial charge in [-0.3, -0.25) is 0 Å². The van der Waals surface area contributed by atoms with E-state index in [2.05, 4.69) is 0 Å². The van der Waals surface area contributed by atoms with E-state index < -0.39 is 0 Å². The summed E-state index contributed by atoms with van der Waals surface area (Å²) < 4.78 is 0. The van der Waals surface area contributed by atoms with Gasteiger partial charge in [-0.05, 0) is 0 Å². The first-order valence-electron chi connectivity index (χ1n) is 0. The second kappa shape index (κ2) is 62.9. The van der Waals surface area contributed by atoms with Crippen molar-refractivity contribution in [1.29, 1.82) is 0 Å². The molecule has 4 unspecified atom stereocenters. The van der Waals surface area contributed by atoms with E-state index >= 15 is 0 Å². The summed E-state index contributed by atoms with van der Waals surface area (Å²) in [5.74, 6) is 0. The molecule has 8 heavy (non-hydrogen) atoms. The van der Waals surface area contributed by atoms with E-state index in [-0.39, 0.29) is 124 Å². The maximum atomic E-state index is 0. The Bertz CT molecular complexity index is 8.00. The Hall–Kier alpha value is 4.47. The molecule has 8 heteroatoms. The van der Waals surface area contributed by atoms with Crippen molar-refractivity contribution < 1.29 is 84.3 Å². The Balaban J connectivity index is 0. The molecule has 0 bridgehead atoms. The van der Waals surface area contributed by atoms with Crippen LogP contribution in [0.3, 0.4) is 0 Å². The molecule has 0 saturated heterocycles. The minimum Gasteiger partial charge on any atom is -0.153 e. The van der Waals surface area contributed by atoms with Gasteiger partial charge in [-0.15, -0.1) is 0 Å². The zero-order valence-electron chi connectivity index (χ0n) is 4.09. The van der Waals surface area contributed by atoms with Crippen molar-refractivity contribution in [3.05, 3.63) is 0 Å². The SMILES string of the molecule is P.P.P.P.[Pt].[Pt].[Pt].[Pt]. The fourth-order valence-corrected chi connectivity index (χ4v) is 0. The van der Waals surface area contributed by atoms with Crippen molar-refractivity contribution in [2.24, 2.45) is 0 Å². The molecule has 0 radical (unpaired) electrons. The van der Waals surface area contributed by atoms with Crippen LogP contribution in [0, 0.1) is 0 Å². The summed E-state index contributed by atoms with van der Waals surface area (Å²) >= 11 is 0. The van der Waals surface area contributed by atoms with Crippen molar-refractivity contribution in [3.63, 3.8) is 0 Å². The molecular weight excluding hydrogens is 904 g/mol. The average molecular weight is 916 g/mol. The molecule has 0 aliphatic rings. The number of hydrogen-bond acceptors (Lipinski definition) is 0. The molecule has 0 saturated carbocycles. The molecule has 0 nitrogen and oxygen atoms in total. The average Bonchev–Trinajstić information content (AvgIpc) is 0. The second-order valence-corrected chi connectivity index (χ2v) is 0. The summed E-state index contributed by atoms with van der Waals surface area (Å²) in [5, 5.41) is 0. The van der Waals surface area contributed by atoms with Crippen molar-refractivity contribution in [1.82, 2.24) is 0 Å². The van der Waals surface area contributed by atoms with Crippen molar-refractivity contribution in [2.45, 2.75) is 0 Å². The van der Waals surface area contributed by atoms with E-state index in [1.165, 1.54) is 0 Å².